The maximum absolute atomic E-state index is 11.5. The largest absolute Gasteiger partial charge is 0.505 e. The molecule has 3 aromatic carbocycles. The summed E-state index contributed by atoms with van der Waals surface area (Å²) in [6.07, 6.45) is -1.09. The van der Waals surface area contributed by atoms with Crippen LogP contribution in [0.15, 0.2) is 76.5 Å². The van der Waals surface area contributed by atoms with Crippen LogP contribution in [0.3, 0.4) is 0 Å². The number of carbonyl (C=O) groups excluding carboxylic acids is 1. The molecule has 5 nitrogen and oxygen atoms in total. The molecule has 0 aromatic heterocycles. The minimum absolute atomic E-state index is 0.156. The van der Waals surface area contributed by atoms with Gasteiger partial charge >= 0.3 is 5.97 Å². The zero-order chi connectivity index (χ0) is 19.4. The number of rotatable bonds is 5. The van der Waals surface area contributed by atoms with Gasteiger partial charge in [-0.15, -0.1) is 0 Å². The average molecular weight is 381 g/mol. The van der Waals surface area contributed by atoms with Gasteiger partial charge in [0.2, 0.25) is 0 Å². The monoisotopic (exact) mass is 381 g/mol. The summed E-state index contributed by atoms with van der Waals surface area (Å²) in [5.74, 6) is -0.610. The number of hydrogen-bond donors (Lipinski definition) is 3. The number of carbonyl (C=O) groups is 1. The van der Waals surface area contributed by atoms with Gasteiger partial charge in [0, 0.05) is 15.4 Å². The van der Waals surface area contributed by atoms with Crippen LogP contribution in [0.4, 0.5) is 5.69 Å². The molecule has 0 spiro atoms. The summed E-state index contributed by atoms with van der Waals surface area (Å²) in [5.41, 5.74) is 7.34. The topological polar surface area (TPSA) is 92.8 Å². The smallest absolute Gasteiger partial charge is 0.337 e. The minimum atomic E-state index is -1.09. The molecule has 0 saturated carbocycles. The number of aromatic hydroxyl groups is 1. The van der Waals surface area contributed by atoms with Gasteiger partial charge in [-0.25, -0.2) is 4.79 Å². The van der Waals surface area contributed by atoms with Gasteiger partial charge in [-0.05, 0) is 42.0 Å². The third kappa shape index (κ3) is 4.24. The number of anilines is 1. The minimum Gasteiger partial charge on any atom is -0.505 e. The summed E-state index contributed by atoms with van der Waals surface area (Å²) in [6.45, 7) is 0. The molecule has 1 unspecified atom stereocenters. The predicted molar refractivity (Wildman–Crippen MR) is 105 cm³/mol. The Hall–Kier alpha value is -2.96. The van der Waals surface area contributed by atoms with Gasteiger partial charge in [-0.2, -0.15) is 0 Å². The Labute approximate surface area is 161 Å². The molecule has 1 atom stereocenters. The van der Waals surface area contributed by atoms with Crippen molar-refractivity contribution in [3.63, 3.8) is 0 Å². The Morgan fingerprint density at radius 1 is 1.04 bits per heavy atom. The summed E-state index contributed by atoms with van der Waals surface area (Å²) in [6, 6.07) is 19.5. The lowest BCUT2D eigenvalue weighted by atomic mass is 9.99. The number of phenols is 1. The third-order valence-corrected chi connectivity index (χ3v) is 5.04. The summed E-state index contributed by atoms with van der Waals surface area (Å²) < 4.78 is 4.67. The molecule has 0 aliphatic carbocycles. The summed E-state index contributed by atoms with van der Waals surface area (Å²) >= 11 is 1.48. The predicted octanol–water partition coefficient (Wildman–Crippen LogP) is 3.99. The first kappa shape index (κ1) is 18.8. The lowest BCUT2D eigenvalue weighted by Gasteiger charge is -2.16. The van der Waals surface area contributed by atoms with Crippen LogP contribution in [-0.2, 0) is 4.74 Å². The van der Waals surface area contributed by atoms with Gasteiger partial charge in [0.15, 0.2) is 0 Å². The fraction of sp³-hybridized carbons (Fsp3) is 0.0952. The van der Waals surface area contributed by atoms with E-state index in [-0.39, 0.29) is 11.4 Å². The van der Waals surface area contributed by atoms with Crippen LogP contribution in [0, 0.1) is 0 Å². The van der Waals surface area contributed by atoms with Crippen LogP contribution in [0.2, 0.25) is 0 Å². The number of hydrogen-bond acceptors (Lipinski definition) is 6. The second-order valence-electron chi connectivity index (χ2n) is 5.88. The highest BCUT2D eigenvalue weighted by Crippen LogP contribution is 2.39. The van der Waals surface area contributed by atoms with E-state index in [2.05, 4.69) is 4.74 Å². The van der Waals surface area contributed by atoms with E-state index < -0.39 is 12.1 Å². The van der Waals surface area contributed by atoms with E-state index in [9.17, 15) is 15.0 Å². The highest BCUT2D eigenvalue weighted by molar-refractivity contribution is 7.99. The molecule has 3 aromatic rings. The van der Waals surface area contributed by atoms with Crippen LogP contribution in [-0.4, -0.2) is 23.3 Å². The van der Waals surface area contributed by atoms with Gasteiger partial charge in [-0.3, -0.25) is 0 Å². The first-order valence-corrected chi connectivity index (χ1v) is 9.03. The molecule has 0 amide bonds. The van der Waals surface area contributed by atoms with Crippen LogP contribution < -0.4 is 5.73 Å². The van der Waals surface area contributed by atoms with Gasteiger partial charge in [0.1, 0.15) is 11.9 Å². The van der Waals surface area contributed by atoms with Crippen molar-refractivity contribution in [1.82, 2.24) is 0 Å². The van der Waals surface area contributed by atoms with Crippen LogP contribution in [0.5, 0.6) is 5.75 Å². The van der Waals surface area contributed by atoms with Crippen molar-refractivity contribution >= 4 is 23.4 Å². The number of nitrogen functional groups attached to an aromatic ring is 1. The van der Waals surface area contributed by atoms with Crippen LogP contribution >= 0.6 is 11.8 Å². The summed E-state index contributed by atoms with van der Waals surface area (Å²) in [5, 5.41) is 21.1. The number of benzene rings is 3. The third-order valence-electron chi connectivity index (χ3n) is 4.06. The van der Waals surface area contributed by atoms with E-state index in [0.717, 1.165) is 9.79 Å². The van der Waals surface area contributed by atoms with Gasteiger partial charge in [0.05, 0.1) is 18.4 Å². The number of aliphatic hydroxyl groups excluding tert-OH is 1. The molecule has 4 N–H and O–H groups in total. The maximum Gasteiger partial charge on any atom is 0.337 e. The normalized spacial score (nSPS) is 11.8. The second kappa shape index (κ2) is 8.16. The molecule has 6 heteroatoms. The van der Waals surface area contributed by atoms with Gasteiger partial charge in [0.25, 0.3) is 0 Å². The Morgan fingerprint density at radius 2 is 1.70 bits per heavy atom. The number of methoxy groups -OCH3 is 1. The SMILES string of the molecule is COC(=O)c1ccc(C(O)c2cc(Sc3ccccc3)cc(N)c2O)cc1. The van der Waals surface area contributed by atoms with E-state index >= 15 is 0 Å². The van der Waals surface area contributed by atoms with Crippen molar-refractivity contribution < 1.29 is 19.7 Å². The van der Waals surface area contributed by atoms with Crippen molar-refractivity contribution in [2.45, 2.75) is 15.9 Å². The zero-order valence-corrected chi connectivity index (χ0v) is 15.4. The molecule has 0 fully saturated rings. The lowest BCUT2D eigenvalue weighted by molar-refractivity contribution is 0.0600. The van der Waals surface area contributed by atoms with E-state index in [1.54, 1.807) is 36.4 Å². The molecule has 27 heavy (non-hydrogen) atoms. The zero-order valence-electron chi connectivity index (χ0n) is 14.6. The van der Waals surface area contributed by atoms with Crippen LogP contribution in [0.25, 0.3) is 0 Å². The number of esters is 1. The molecule has 138 valence electrons. The Balaban J connectivity index is 1.91. The Kier molecular flexibility index (Phi) is 5.69. The molecule has 0 heterocycles. The second-order valence-corrected chi connectivity index (χ2v) is 7.03. The molecule has 0 bridgehead atoms. The highest BCUT2D eigenvalue weighted by Gasteiger charge is 2.19. The molecule has 0 aliphatic rings. The Bertz CT molecular complexity index is 942. The van der Waals surface area contributed by atoms with Crippen molar-refractivity contribution in [3.8, 4) is 5.75 Å². The number of aliphatic hydroxyl groups is 1. The van der Waals surface area contributed by atoms with Gasteiger partial charge in [-0.1, -0.05) is 42.1 Å². The molecular formula is C21H19NO4S. The fourth-order valence-corrected chi connectivity index (χ4v) is 3.58. The van der Waals surface area contributed by atoms with E-state index in [1.165, 1.54) is 18.9 Å². The van der Waals surface area contributed by atoms with E-state index in [1.807, 2.05) is 30.3 Å². The van der Waals surface area contributed by atoms with Crippen molar-refractivity contribution in [2.75, 3.05) is 12.8 Å². The molecule has 3 rings (SSSR count). The molecular weight excluding hydrogens is 362 g/mol. The Morgan fingerprint density at radius 3 is 2.33 bits per heavy atom. The first-order valence-electron chi connectivity index (χ1n) is 8.21. The number of ether oxygens (including phenoxy) is 1. The first-order chi connectivity index (χ1) is 13.0. The van der Waals surface area contributed by atoms with Crippen molar-refractivity contribution in [3.05, 3.63) is 83.4 Å². The van der Waals surface area contributed by atoms with Crippen molar-refractivity contribution in [1.29, 1.82) is 0 Å². The maximum atomic E-state index is 11.5. The van der Waals surface area contributed by atoms with E-state index in [4.69, 9.17) is 5.73 Å². The quantitative estimate of drug-likeness (QED) is 0.351. The number of phenolic OH excluding ortho intramolecular Hbond substituents is 1. The average Bonchev–Trinajstić information content (AvgIpc) is 2.70. The summed E-state index contributed by atoms with van der Waals surface area (Å²) in [7, 11) is 1.31. The number of nitrogens with two attached hydrogens (primary N) is 1. The van der Waals surface area contributed by atoms with E-state index in [0.29, 0.717) is 16.7 Å². The molecule has 0 radical (unpaired) electrons. The fourth-order valence-electron chi connectivity index (χ4n) is 2.64. The summed E-state index contributed by atoms with van der Waals surface area (Å²) in [4.78, 5) is 13.4. The van der Waals surface area contributed by atoms with Crippen molar-refractivity contribution in [2.24, 2.45) is 0 Å². The molecule has 0 aliphatic heterocycles. The standard InChI is InChI=1S/C21H19NO4S/c1-26-21(25)14-9-7-13(8-10-14)19(23)17-11-16(12-18(22)20(17)24)27-15-5-3-2-4-6-15/h2-12,19,23-24H,22H2,1H3. The lowest BCUT2D eigenvalue weighted by Crippen LogP contribution is -2.04. The van der Waals surface area contributed by atoms with Gasteiger partial charge < -0.3 is 20.7 Å². The molecule has 0 saturated heterocycles. The van der Waals surface area contributed by atoms with Crippen LogP contribution in [0.1, 0.15) is 27.6 Å². The highest BCUT2D eigenvalue weighted by atomic mass is 32.2.